The highest BCUT2D eigenvalue weighted by Gasteiger charge is 2.34. The zero-order chi connectivity index (χ0) is 24.2. The molecule has 1 heterocycles. The van der Waals surface area contributed by atoms with Crippen LogP contribution in [0.3, 0.4) is 0 Å². The van der Waals surface area contributed by atoms with E-state index in [4.69, 9.17) is 9.57 Å². The first-order chi connectivity index (χ1) is 15.6. The van der Waals surface area contributed by atoms with Gasteiger partial charge in [-0.05, 0) is 44.2 Å². The van der Waals surface area contributed by atoms with Gasteiger partial charge < -0.3 is 14.7 Å². The third-order valence-electron chi connectivity index (χ3n) is 4.96. The summed E-state index contributed by atoms with van der Waals surface area (Å²) in [5, 5.41) is 14.1. The lowest BCUT2D eigenvalue weighted by Gasteiger charge is -2.22. The van der Waals surface area contributed by atoms with Crippen molar-refractivity contribution >= 4 is 27.1 Å². The first-order valence-corrected chi connectivity index (χ1v) is 12.1. The summed E-state index contributed by atoms with van der Waals surface area (Å²) in [7, 11) is -3.31. The van der Waals surface area contributed by atoms with Gasteiger partial charge in [-0.25, -0.2) is 13.4 Å². The largest absolute Gasteiger partial charge is 0.511 e. The molecule has 0 aliphatic heterocycles. The van der Waals surface area contributed by atoms with E-state index in [-0.39, 0.29) is 47.3 Å². The fourth-order valence-electron chi connectivity index (χ4n) is 3.34. The molecular formula is C23H24N2O7S. The molecule has 0 saturated carbocycles. The lowest BCUT2D eigenvalue weighted by Crippen LogP contribution is -2.27. The van der Waals surface area contributed by atoms with E-state index < -0.39 is 27.3 Å². The van der Waals surface area contributed by atoms with Crippen molar-refractivity contribution in [3.63, 3.8) is 0 Å². The number of ketones is 2. The van der Waals surface area contributed by atoms with Gasteiger partial charge in [-0.15, -0.1) is 0 Å². The summed E-state index contributed by atoms with van der Waals surface area (Å²) in [6.07, 6.45) is 1.18. The monoisotopic (exact) mass is 472 g/mol. The van der Waals surface area contributed by atoms with Gasteiger partial charge in [0.2, 0.25) is 11.7 Å². The number of sulfone groups is 1. The van der Waals surface area contributed by atoms with Gasteiger partial charge in [0, 0.05) is 36.8 Å². The lowest BCUT2D eigenvalue weighted by molar-refractivity contribution is -0.120. The van der Waals surface area contributed by atoms with Crippen LogP contribution in [-0.4, -0.2) is 48.6 Å². The Morgan fingerprint density at radius 1 is 1.18 bits per heavy atom. The quantitative estimate of drug-likeness (QED) is 0.351. The molecule has 1 aliphatic carbocycles. The number of nitrogens with zero attached hydrogens (tertiary/aromatic N) is 2. The smallest absolute Gasteiger partial charge is 0.219 e. The van der Waals surface area contributed by atoms with Crippen LogP contribution in [0.2, 0.25) is 0 Å². The predicted octanol–water partition coefficient (Wildman–Crippen LogP) is 3.52. The van der Waals surface area contributed by atoms with Crippen LogP contribution in [0.15, 0.2) is 63.8 Å². The van der Waals surface area contributed by atoms with Crippen LogP contribution in [0, 0.1) is 0 Å². The number of benzene rings is 1. The number of ether oxygens (including phenoxy) is 1. The molecule has 0 spiro atoms. The molecular weight excluding hydrogens is 448 g/mol. The number of oxime groups is 1. The number of carbonyl (C=O) groups excluding carboxylic acids is 2. The third kappa shape index (κ3) is 5.83. The van der Waals surface area contributed by atoms with E-state index in [1.54, 1.807) is 25.1 Å². The summed E-state index contributed by atoms with van der Waals surface area (Å²) in [5.74, 6) is -1.26. The SMILES string of the molecule is CCON=C(C)C(=O)C1=C(O)CC(c2cccc(Oc3ccc(S(C)(=O)=O)cc3)n2)CC1=O. The number of hydrogen-bond acceptors (Lipinski definition) is 9. The second-order valence-corrected chi connectivity index (χ2v) is 9.54. The molecule has 0 radical (unpaired) electrons. The number of allylic oxidation sites excluding steroid dienone is 2. The maximum absolute atomic E-state index is 12.7. The molecule has 1 aromatic heterocycles. The van der Waals surface area contributed by atoms with E-state index in [0.29, 0.717) is 11.4 Å². The van der Waals surface area contributed by atoms with E-state index in [2.05, 4.69) is 10.1 Å². The van der Waals surface area contributed by atoms with Gasteiger partial charge in [0.15, 0.2) is 15.6 Å². The van der Waals surface area contributed by atoms with E-state index in [1.807, 2.05) is 0 Å². The molecule has 1 atom stereocenters. The van der Waals surface area contributed by atoms with Crippen LogP contribution in [0.4, 0.5) is 0 Å². The first kappa shape index (κ1) is 24.1. The zero-order valence-electron chi connectivity index (χ0n) is 18.4. The molecule has 0 bridgehead atoms. The van der Waals surface area contributed by atoms with Gasteiger partial charge in [0.1, 0.15) is 29.4 Å². The molecule has 1 aromatic carbocycles. The van der Waals surface area contributed by atoms with E-state index in [9.17, 15) is 23.1 Å². The van der Waals surface area contributed by atoms with Crippen LogP contribution in [-0.2, 0) is 24.3 Å². The predicted molar refractivity (Wildman–Crippen MR) is 120 cm³/mol. The van der Waals surface area contributed by atoms with Crippen LogP contribution < -0.4 is 4.74 Å². The summed E-state index contributed by atoms with van der Waals surface area (Å²) in [6, 6.07) is 10.9. The first-order valence-electron chi connectivity index (χ1n) is 10.2. The van der Waals surface area contributed by atoms with Crippen molar-refractivity contribution in [1.29, 1.82) is 0 Å². The van der Waals surface area contributed by atoms with Gasteiger partial charge in [0.25, 0.3) is 0 Å². The summed E-state index contributed by atoms with van der Waals surface area (Å²) in [6.45, 7) is 3.41. The van der Waals surface area contributed by atoms with Crippen molar-refractivity contribution in [1.82, 2.24) is 4.98 Å². The molecule has 0 saturated heterocycles. The normalized spacial score (nSPS) is 17.1. The van der Waals surface area contributed by atoms with E-state index in [0.717, 1.165) is 6.26 Å². The van der Waals surface area contributed by atoms with Crippen molar-refractivity contribution in [3.05, 3.63) is 59.5 Å². The van der Waals surface area contributed by atoms with Crippen molar-refractivity contribution < 1.29 is 32.7 Å². The minimum Gasteiger partial charge on any atom is -0.511 e. The Labute approximate surface area is 191 Å². The number of carbonyl (C=O) groups is 2. The van der Waals surface area contributed by atoms with E-state index in [1.165, 1.54) is 31.2 Å². The number of aliphatic hydroxyl groups excluding tert-OH is 1. The average Bonchev–Trinajstić information content (AvgIpc) is 2.76. The fourth-order valence-corrected chi connectivity index (χ4v) is 3.97. The number of pyridine rings is 1. The van der Waals surface area contributed by atoms with Gasteiger partial charge in [0.05, 0.1) is 4.90 Å². The van der Waals surface area contributed by atoms with Crippen LogP contribution >= 0.6 is 0 Å². The molecule has 2 aromatic rings. The minimum atomic E-state index is -3.31. The minimum absolute atomic E-state index is 0.00738. The summed E-state index contributed by atoms with van der Waals surface area (Å²) >= 11 is 0. The summed E-state index contributed by atoms with van der Waals surface area (Å²) in [4.78, 5) is 34.6. The Morgan fingerprint density at radius 3 is 2.48 bits per heavy atom. The van der Waals surface area contributed by atoms with Crippen molar-refractivity contribution in [2.45, 2.75) is 37.5 Å². The average molecular weight is 473 g/mol. The second-order valence-electron chi connectivity index (χ2n) is 7.52. The number of hydrogen-bond donors (Lipinski definition) is 1. The number of aromatic nitrogens is 1. The number of aliphatic hydroxyl groups is 1. The maximum Gasteiger partial charge on any atom is 0.219 e. The van der Waals surface area contributed by atoms with Gasteiger partial charge >= 0.3 is 0 Å². The molecule has 3 rings (SSSR count). The molecule has 9 nitrogen and oxygen atoms in total. The highest BCUT2D eigenvalue weighted by atomic mass is 32.2. The fraction of sp³-hybridized carbons (Fsp3) is 0.304. The van der Waals surface area contributed by atoms with Crippen molar-refractivity contribution in [2.24, 2.45) is 5.16 Å². The topological polar surface area (TPSA) is 132 Å². The van der Waals surface area contributed by atoms with E-state index >= 15 is 0 Å². The third-order valence-corrected chi connectivity index (χ3v) is 6.09. The standard InChI is InChI=1S/C23H24N2O7S/c1-4-31-25-14(2)23(28)22-19(26)12-15(13-20(22)27)18-6-5-7-21(24-18)32-16-8-10-17(11-9-16)33(3,29)30/h5-11,15,26H,4,12-13H2,1-3H3. The molecule has 0 amide bonds. The number of rotatable bonds is 8. The maximum atomic E-state index is 12.7. The summed E-state index contributed by atoms with van der Waals surface area (Å²) in [5.41, 5.74) is 0.234. The Balaban J connectivity index is 1.78. The Bertz CT molecular complexity index is 1230. The second kappa shape index (κ2) is 9.95. The zero-order valence-corrected chi connectivity index (χ0v) is 19.3. The molecule has 1 aliphatic rings. The summed E-state index contributed by atoms with van der Waals surface area (Å²) < 4.78 is 28.9. The van der Waals surface area contributed by atoms with Crippen molar-refractivity contribution in [2.75, 3.05) is 12.9 Å². The lowest BCUT2D eigenvalue weighted by atomic mass is 9.83. The van der Waals surface area contributed by atoms with Gasteiger partial charge in [-0.3, -0.25) is 9.59 Å². The Kier molecular flexibility index (Phi) is 7.27. The van der Waals surface area contributed by atoms with Crippen LogP contribution in [0.25, 0.3) is 0 Å². The number of Topliss-reactive ketones (excluding diaryl/α,β-unsaturated/α-hetero) is 2. The Morgan fingerprint density at radius 2 is 1.88 bits per heavy atom. The van der Waals surface area contributed by atoms with Crippen LogP contribution in [0.1, 0.15) is 38.3 Å². The highest BCUT2D eigenvalue weighted by molar-refractivity contribution is 7.90. The molecule has 174 valence electrons. The van der Waals surface area contributed by atoms with Gasteiger partial charge in [-0.2, -0.15) is 0 Å². The van der Waals surface area contributed by atoms with Gasteiger partial charge in [-0.1, -0.05) is 11.2 Å². The molecule has 33 heavy (non-hydrogen) atoms. The Hall–Kier alpha value is -3.53. The van der Waals surface area contributed by atoms with Crippen LogP contribution in [0.5, 0.6) is 11.6 Å². The molecule has 1 unspecified atom stereocenters. The van der Waals surface area contributed by atoms with Crippen molar-refractivity contribution in [3.8, 4) is 11.6 Å². The molecule has 0 fully saturated rings. The molecule has 10 heteroatoms. The molecule has 1 N–H and O–H groups in total. The highest BCUT2D eigenvalue weighted by Crippen LogP contribution is 2.34.